The zero-order valence-corrected chi connectivity index (χ0v) is 24.3. The molecule has 0 bridgehead atoms. The topological polar surface area (TPSA) is 134 Å². The predicted octanol–water partition coefficient (Wildman–Crippen LogP) is 4.86. The van der Waals surface area contributed by atoms with Gasteiger partial charge in [0.15, 0.2) is 0 Å². The highest BCUT2D eigenvalue weighted by molar-refractivity contribution is 8.05. The summed E-state index contributed by atoms with van der Waals surface area (Å²) in [6, 6.07) is 8.38. The Bertz CT molecular complexity index is 1670. The monoisotopic (exact) mass is 599 g/mol. The van der Waals surface area contributed by atoms with Gasteiger partial charge in [0, 0.05) is 17.0 Å². The number of thioether (sulfide) groups is 1. The summed E-state index contributed by atoms with van der Waals surface area (Å²) in [6.07, 6.45) is 4.80. The van der Waals surface area contributed by atoms with Crippen LogP contribution in [0.4, 0.5) is 5.69 Å². The van der Waals surface area contributed by atoms with Crippen LogP contribution in [0.2, 0.25) is 0 Å². The van der Waals surface area contributed by atoms with Crippen molar-refractivity contribution in [3.8, 4) is 11.5 Å². The highest BCUT2D eigenvalue weighted by atomic mass is 32.2. The Morgan fingerprint density at radius 3 is 2.39 bits per heavy atom. The summed E-state index contributed by atoms with van der Waals surface area (Å²) in [5.41, 5.74) is 1.80. The molecule has 0 spiro atoms. The van der Waals surface area contributed by atoms with Crippen molar-refractivity contribution >= 4 is 65.7 Å². The van der Waals surface area contributed by atoms with E-state index >= 15 is 0 Å². The van der Waals surface area contributed by atoms with E-state index in [9.17, 15) is 25.9 Å². The molecule has 0 aliphatic carbocycles. The van der Waals surface area contributed by atoms with Crippen LogP contribution in [0.5, 0.6) is 11.5 Å². The summed E-state index contributed by atoms with van der Waals surface area (Å²) in [5.74, 6) is 0.936. The van der Waals surface area contributed by atoms with E-state index in [1.807, 2.05) is 13.8 Å². The van der Waals surface area contributed by atoms with Gasteiger partial charge in [0.2, 0.25) is 0 Å². The van der Waals surface area contributed by atoms with Crippen molar-refractivity contribution in [2.75, 3.05) is 18.5 Å². The molecule has 2 aromatic carbocycles. The van der Waals surface area contributed by atoms with E-state index in [4.69, 9.17) is 9.47 Å². The fraction of sp³-hybridized carbons (Fsp3) is 0.292. The summed E-state index contributed by atoms with van der Waals surface area (Å²) in [7, 11) is -6.44. The number of fused-ring (bicyclic) bond motifs is 2. The first-order valence-corrected chi connectivity index (χ1v) is 15.9. The molecule has 204 valence electrons. The second-order valence-electron chi connectivity index (χ2n) is 8.26. The highest BCUT2D eigenvalue weighted by Gasteiger charge is 2.36. The summed E-state index contributed by atoms with van der Waals surface area (Å²) >= 11 is 2.31. The molecule has 2 N–H and O–H groups in total. The van der Waals surface area contributed by atoms with Gasteiger partial charge in [-0.1, -0.05) is 43.4 Å². The van der Waals surface area contributed by atoms with E-state index in [2.05, 4.69) is 0 Å². The lowest BCUT2D eigenvalue weighted by molar-refractivity contribution is -0.486. The van der Waals surface area contributed by atoms with Crippen LogP contribution in [0.15, 0.2) is 51.9 Å². The number of rotatable bonds is 9. The van der Waals surface area contributed by atoms with Crippen LogP contribution in [-0.2, 0) is 27.0 Å². The van der Waals surface area contributed by atoms with Crippen LogP contribution >= 0.6 is 23.1 Å². The standard InChI is InChI=1S/C24H26N2O8S4/c1-5-7-17-19(34-4)9-11-21-24(17)26(38(30,31)32)23(36-21)13-15(6-2)12-22-25(37(27,28)29)18-14-16(33-3)8-10-20(18)35-22/h8-14H,5-7H2,1-4H3,(H-,27,28,29,30,31,32)/p+1. The van der Waals surface area contributed by atoms with Crippen LogP contribution < -0.4 is 17.8 Å². The highest BCUT2D eigenvalue weighted by Crippen LogP contribution is 2.49. The maximum absolute atomic E-state index is 12.6. The average molecular weight is 600 g/mol. The van der Waals surface area contributed by atoms with Gasteiger partial charge < -0.3 is 9.47 Å². The molecular formula is C24H27N2O8S4+. The van der Waals surface area contributed by atoms with Crippen molar-refractivity contribution < 1.29 is 39.4 Å². The molecule has 38 heavy (non-hydrogen) atoms. The lowest BCUT2D eigenvalue weighted by Gasteiger charge is -2.16. The zero-order valence-electron chi connectivity index (χ0n) is 21.0. The van der Waals surface area contributed by atoms with Gasteiger partial charge in [-0.25, -0.2) is 8.86 Å². The molecule has 2 heterocycles. The normalized spacial score (nSPS) is 15.4. The second-order valence-corrected chi connectivity index (χ2v) is 12.9. The third-order valence-electron chi connectivity index (χ3n) is 5.83. The third-order valence-corrected chi connectivity index (χ3v) is 9.89. The van der Waals surface area contributed by atoms with Gasteiger partial charge in [0.05, 0.1) is 30.5 Å². The fourth-order valence-corrected chi connectivity index (χ4v) is 8.56. The van der Waals surface area contributed by atoms with Crippen LogP contribution in [0.1, 0.15) is 37.3 Å². The smallest absolute Gasteiger partial charge is 0.497 e. The number of aromatic nitrogens is 1. The number of benzene rings is 2. The Labute approximate surface area is 230 Å². The predicted molar refractivity (Wildman–Crippen MR) is 149 cm³/mol. The van der Waals surface area contributed by atoms with Crippen LogP contribution in [0.3, 0.4) is 0 Å². The Hall–Kier alpha value is -2.62. The van der Waals surface area contributed by atoms with Gasteiger partial charge >= 0.3 is 20.6 Å². The first kappa shape index (κ1) is 28.4. The molecule has 0 fully saturated rings. The number of hydrogen-bond donors (Lipinski definition) is 2. The number of methoxy groups -OCH3 is 2. The van der Waals surface area contributed by atoms with Crippen molar-refractivity contribution in [1.82, 2.24) is 0 Å². The van der Waals surface area contributed by atoms with E-state index < -0.39 is 20.6 Å². The van der Waals surface area contributed by atoms with E-state index in [-0.39, 0.29) is 15.7 Å². The van der Waals surface area contributed by atoms with E-state index in [1.54, 1.807) is 36.4 Å². The van der Waals surface area contributed by atoms with Gasteiger partial charge in [-0.05, 0) is 52.7 Å². The molecule has 1 aliphatic heterocycles. The second kappa shape index (κ2) is 10.9. The number of ether oxygens (including phenoxy) is 2. The van der Waals surface area contributed by atoms with Gasteiger partial charge in [0.1, 0.15) is 16.2 Å². The minimum Gasteiger partial charge on any atom is -0.497 e. The Morgan fingerprint density at radius 2 is 1.82 bits per heavy atom. The molecule has 3 aromatic rings. The lowest BCUT2D eigenvalue weighted by atomic mass is 10.1. The molecule has 1 aromatic heterocycles. The number of allylic oxidation sites excluding steroid dienone is 2. The van der Waals surface area contributed by atoms with E-state index in [0.29, 0.717) is 50.6 Å². The molecule has 4 rings (SSSR count). The van der Waals surface area contributed by atoms with E-state index in [0.717, 1.165) is 26.5 Å². The average Bonchev–Trinajstić information content (AvgIpc) is 3.41. The van der Waals surface area contributed by atoms with Crippen molar-refractivity contribution in [3.05, 3.63) is 57.6 Å². The van der Waals surface area contributed by atoms with Crippen molar-refractivity contribution in [2.45, 2.75) is 38.0 Å². The van der Waals surface area contributed by atoms with Crippen molar-refractivity contribution in [1.29, 1.82) is 0 Å². The molecule has 0 atom stereocenters. The van der Waals surface area contributed by atoms with Gasteiger partial charge in [-0.3, -0.25) is 4.55 Å². The number of anilines is 1. The Kier molecular flexibility index (Phi) is 8.12. The van der Waals surface area contributed by atoms with Crippen LogP contribution in [0, 0.1) is 0 Å². The van der Waals surface area contributed by atoms with Crippen LogP contribution in [0.25, 0.3) is 16.3 Å². The molecular weight excluding hydrogens is 573 g/mol. The van der Waals surface area contributed by atoms with Gasteiger partial charge in [-0.2, -0.15) is 8.42 Å². The number of hydrogen-bond acceptors (Lipinski definition) is 8. The quantitative estimate of drug-likeness (QED) is 0.261. The molecule has 1 aliphatic rings. The maximum Gasteiger partial charge on any atom is 0.513 e. The minimum absolute atomic E-state index is 0.205. The zero-order chi connectivity index (χ0) is 27.8. The van der Waals surface area contributed by atoms with Gasteiger partial charge in [0.25, 0.3) is 10.5 Å². The Balaban J connectivity index is 1.92. The largest absolute Gasteiger partial charge is 0.513 e. The molecule has 0 saturated carbocycles. The SMILES string of the molecule is CCCc1c(OC)ccc2sc(C=C(C=C3Sc4ccc(OC)cc4N3S(=O)(=O)O)CC)[n+](S(=O)(=O)O)c12. The number of nitrogens with zero attached hydrogens (tertiary/aromatic N) is 2. The van der Waals surface area contributed by atoms with Crippen LogP contribution in [-0.4, -0.2) is 40.2 Å². The van der Waals surface area contributed by atoms with Gasteiger partial charge in [-0.15, -0.1) is 8.42 Å². The minimum atomic E-state index is -4.71. The number of aryl methyl sites for hydroxylation is 1. The third kappa shape index (κ3) is 5.42. The van der Waals surface area contributed by atoms with Crippen molar-refractivity contribution in [3.63, 3.8) is 0 Å². The maximum atomic E-state index is 12.6. The van der Waals surface area contributed by atoms with E-state index in [1.165, 1.54) is 31.6 Å². The molecule has 0 amide bonds. The molecule has 14 heteroatoms. The summed E-state index contributed by atoms with van der Waals surface area (Å²) in [5, 5.41) is 0.430. The first-order chi connectivity index (χ1) is 17.9. The molecule has 0 unspecified atom stereocenters. The van der Waals surface area contributed by atoms with Crippen molar-refractivity contribution in [2.24, 2.45) is 0 Å². The summed E-state index contributed by atoms with van der Waals surface area (Å²) < 4.78 is 83.1. The lowest BCUT2D eigenvalue weighted by Crippen LogP contribution is -2.44. The summed E-state index contributed by atoms with van der Waals surface area (Å²) in [6.45, 7) is 3.78. The number of thiazole rings is 1. The summed E-state index contributed by atoms with van der Waals surface area (Å²) in [4.78, 5) is 0.594. The first-order valence-electron chi connectivity index (χ1n) is 11.5. The fourth-order valence-electron chi connectivity index (χ4n) is 4.20. The molecule has 0 radical (unpaired) electrons. The molecule has 0 saturated heterocycles. The Morgan fingerprint density at radius 1 is 1.08 bits per heavy atom. The molecule has 10 nitrogen and oxygen atoms in total.